The first-order valence-electron chi connectivity index (χ1n) is 5.91. The number of rotatable bonds is 2. The van der Waals surface area contributed by atoms with Gasteiger partial charge in [-0.05, 0) is 18.2 Å². The summed E-state index contributed by atoms with van der Waals surface area (Å²) in [4.78, 5) is 11.3. The first-order valence-corrected chi connectivity index (χ1v) is 6.29. The van der Waals surface area contributed by atoms with E-state index in [1.165, 1.54) is 0 Å². The summed E-state index contributed by atoms with van der Waals surface area (Å²) in [5, 5.41) is 3.26. The fourth-order valence-electron chi connectivity index (χ4n) is 1.87. The first-order chi connectivity index (χ1) is 9.61. The lowest BCUT2D eigenvalue weighted by atomic mass is 10.2. The fourth-order valence-corrected chi connectivity index (χ4v) is 2.05. The van der Waals surface area contributed by atoms with Crippen LogP contribution in [-0.2, 0) is 4.79 Å². The highest BCUT2D eigenvalue weighted by atomic mass is 35.5. The summed E-state index contributed by atoms with van der Waals surface area (Å²) in [6.07, 6.45) is 0. The Balaban J connectivity index is 1.94. The maximum absolute atomic E-state index is 11.3. The Labute approximate surface area is 120 Å². The zero-order valence-electron chi connectivity index (χ0n) is 10.4. The highest BCUT2D eigenvalue weighted by Crippen LogP contribution is 2.38. The van der Waals surface area contributed by atoms with E-state index in [-0.39, 0.29) is 12.5 Å². The third-order valence-corrected chi connectivity index (χ3v) is 3.00. The molecule has 2 aromatic carbocycles. The van der Waals surface area contributed by atoms with E-state index in [1.807, 2.05) is 0 Å². The van der Waals surface area contributed by atoms with Crippen molar-refractivity contribution in [3.63, 3.8) is 0 Å². The van der Waals surface area contributed by atoms with E-state index >= 15 is 0 Å². The van der Waals surface area contributed by atoms with E-state index in [2.05, 4.69) is 5.32 Å². The number of carbonyl (C=O) groups is 1. The van der Waals surface area contributed by atoms with Crippen LogP contribution in [0.25, 0.3) is 0 Å². The molecule has 102 valence electrons. The molecule has 2 aromatic rings. The van der Waals surface area contributed by atoms with Crippen LogP contribution < -0.4 is 20.5 Å². The van der Waals surface area contributed by atoms with Crippen LogP contribution in [0, 0.1) is 0 Å². The number of fused-ring (bicyclic) bond motifs is 1. The van der Waals surface area contributed by atoms with E-state index in [0.29, 0.717) is 33.6 Å². The van der Waals surface area contributed by atoms with Gasteiger partial charge >= 0.3 is 0 Å². The van der Waals surface area contributed by atoms with E-state index in [0.717, 1.165) is 0 Å². The monoisotopic (exact) mass is 290 g/mol. The number of ether oxygens (including phenoxy) is 2. The molecule has 0 aliphatic carbocycles. The number of benzene rings is 2. The van der Waals surface area contributed by atoms with Crippen molar-refractivity contribution < 1.29 is 14.3 Å². The summed E-state index contributed by atoms with van der Waals surface area (Å²) in [6, 6.07) is 10.2. The molecule has 1 aliphatic heterocycles. The summed E-state index contributed by atoms with van der Waals surface area (Å²) >= 11 is 5.90. The first kappa shape index (κ1) is 12.6. The van der Waals surface area contributed by atoms with Crippen LogP contribution in [0.15, 0.2) is 36.4 Å². The zero-order chi connectivity index (χ0) is 14.1. The van der Waals surface area contributed by atoms with Gasteiger partial charge in [0.05, 0.1) is 11.4 Å². The number of halogens is 1. The third-order valence-electron chi connectivity index (χ3n) is 2.77. The maximum Gasteiger partial charge on any atom is 0.262 e. The summed E-state index contributed by atoms with van der Waals surface area (Å²) < 4.78 is 10.9. The highest BCUT2D eigenvalue weighted by Gasteiger charge is 2.18. The number of hydrogen-bond donors (Lipinski definition) is 2. The van der Waals surface area contributed by atoms with E-state index in [1.54, 1.807) is 36.4 Å². The molecule has 1 amide bonds. The molecule has 0 unspecified atom stereocenters. The molecule has 0 bridgehead atoms. The average molecular weight is 291 g/mol. The summed E-state index contributed by atoms with van der Waals surface area (Å²) in [5.74, 6) is 1.31. The van der Waals surface area contributed by atoms with Crippen molar-refractivity contribution in [2.75, 3.05) is 17.7 Å². The molecular formula is C14H11ClN2O3. The molecule has 20 heavy (non-hydrogen) atoms. The lowest BCUT2D eigenvalue weighted by Crippen LogP contribution is -2.25. The lowest BCUT2D eigenvalue weighted by Gasteiger charge is -2.19. The van der Waals surface area contributed by atoms with Gasteiger partial charge in [-0.15, -0.1) is 0 Å². The minimum Gasteiger partial charge on any atom is -0.481 e. The number of nitrogens with one attached hydrogen (secondary N) is 1. The molecule has 0 saturated carbocycles. The highest BCUT2D eigenvalue weighted by molar-refractivity contribution is 6.30. The molecule has 3 N–H and O–H groups in total. The van der Waals surface area contributed by atoms with Gasteiger partial charge in [0, 0.05) is 17.2 Å². The Hall–Kier alpha value is -2.40. The van der Waals surface area contributed by atoms with Gasteiger partial charge in [0.1, 0.15) is 11.5 Å². The van der Waals surface area contributed by atoms with E-state index in [4.69, 9.17) is 26.8 Å². The van der Waals surface area contributed by atoms with E-state index < -0.39 is 0 Å². The molecule has 0 saturated heterocycles. The lowest BCUT2D eigenvalue weighted by molar-refractivity contribution is -0.118. The molecule has 0 aromatic heterocycles. The van der Waals surface area contributed by atoms with Crippen LogP contribution >= 0.6 is 11.6 Å². The molecule has 0 radical (unpaired) electrons. The molecule has 1 aliphatic rings. The van der Waals surface area contributed by atoms with E-state index in [9.17, 15) is 4.79 Å². The zero-order valence-corrected chi connectivity index (χ0v) is 11.1. The largest absolute Gasteiger partial charge is 0.481 e. The van der Waals surface area contributed by atoms with Gasteiger partial charge in [0.2, 0.25) is 0 Å². The molecule has 0 spiro atoms. The topological polar surface area (TPSA) is 73.6 Å². The molecule has 0 fully saturated rings. The Morgan fingerprint density at radius 2 is 2.15 bits per heavy atom. The average Bonchev–Trinajstić information content (AvgIpc) is 2.40. The number of hydrogen-bond acceptors (Lipinski definition) is 4. The Bertz CT molecular complexity index is 688. The number of amides is 1. The van der Waals surface area contributed by atoms with Crippen molar-refractivity contribution in [3.8, 4) is 17.2 Å². The SMILES string of the molecule is Nc1cc2c(cc1Oc1cccc(Cl)c1)NC(=O)CO2. The number of anilines is 2. The second-order valence-corrected chi connectivity index (χ2v) is 4.72. The standard InChI is InChI=1S/C14H11ClN2O3/c15-8-2-1-3-9(4-8)20-12-6-11-13(5-10(12)16)19-7-14(18)17-11/h1-6H,7,16H2,(H,17,18). The van der Waals surface area contributed by atoms with Crippen LogP contribution in [-0.4, -0.2) is 12.5 Å². The van der Waals surface area contributed by atoms with Crippen LogP contribution in [0.1, 0.15) is 0 Å². The summed E-state index contributed by atoms with van der Waals surface area (Å²) in [6.45, 7) is -0.0130. The van der Waals surface area contributed by atoms with Crippen LogP contribution in [0.4, 0.5) is 11.4 Å². The minimum atomic E-state index is -0.212. The second kappa shape index (κ2) is 4.94. The normalized spacial score (nSPS) is 13.2. The Kier molecular flexibility index (Phi) is 3.12. The van der Waals surface area contributed by atoms with Gasteiger partial charge in [-0.3, -0.25) is 4.79 Å². The van der Waals surface area contributed by atoms with Crippen LogP contribution in [0.3, 0.4) is 0 Å². The fraction of sp³-hybridized carbons (Fsp3) is 0.0714. The molecule has 6 heteroatoms. The van der Waals surface area contributed by atoms with Crippen molar-refractivity contribution >= 4 is 28.9 Å². The van der Waals surface area contributed by atoms with Crippen molar-refractivity contribution in [2.24, 2.45) is 0 Å². The smallest absolute Gasteiger partial charge is 0.262 e. The van der Waals surface area contributed by atoms with Gasteiger partial charge in [-0.25, -0.2) is 0 Å². The van der Waals surface area contributed by atoms with Gasteiger partial charge < -0.3 is 20.5 Å². The summed E-state index contributed by atoms with van der Waals surface area (Å²) in [7, 11) is 0. The number of nitrogen functional groups attached to an aromatic ring is 1. The van der Waals surface area contributed by atoms with Crippen molar-refractivity contribution in [2.45, 2.75) is 0 Å². The van der Waals surface area contributed by atoms with Gasteiger partial charge in [-0.2, -0.15) is 0 Å². The third kappa shape index (κ3) is 2.48. The van der Waals surface area contributed by atoms with Gasteiger partial charge in [0.25, 0.3) is 5.91 Å². The van der Waals surface area contributed by atoms with Gasteiger partial charge in [0.15, 0.2) is 12.4 Å². The minimum absolute atomic E-state index is 0.0130. The molecule has 1 heterocycles. The van der Waals surface area contributed by atoms with Crippen LogP contribution in [0.5, 0.6) is 17.2 Å². The molecule has 0 atom stereocenters. The molecule has 3 rings (SSSR count). The second-order valence-electron chi connectivity index (χ2n) is 4.28. The number of nitrogens with two attached hydrogens (primary N) is 1. The summed E-state index contributed by atoms with van der Waals surface area (Å²) in [5.41, 5.74) is 6.87. The Morgan fingerprint density at radius 1 is 1.30 bits per heavy atom. The molecular weight excluding hydrogens is 280 g/mol. The predicted molar refractivity (Wildman–Crippen MR) is 76.5 cm³/mol. The maximum atomic E-state index is 11.3. The van der Waals surface area contributed by atoms with Gasteiger partial charge in [-0.1, -0.05) is 17.7 Å². The van der Waals surface area contributed by atoms with Crippen LogP contribution in [0.2, 0.25) is 5.02 Å². The predicted octanol–water partition coefficient (Wildman–Crippen LogP) is 3.05. The molecule has 5 nitrogen and oxygen atoms in total. The van der Waals surface area contributed by atoms with Crippen molar-refractivity contribution in [1.29, 1.82) is 0 Å². The van der Waals surface area contributed by atoms with Crippen molar-refractivity contribution in [3.05, 3.63) is 41.4 Å². The number of carbonyl (C=O) groups excluding carboxylic acids is 1. The van der Waals surface area contributed by atoms with Crippen molar-refractivity contribution in [1.82, 2.24) is 0 Å². The Morgan fingerprint density at radius 3 is 2.95 bits per heavy atom. The quantitative estimate of drug-likeness (QED) is 0.834.